The molecule has 2 aromatic rings. The monoisotopic (exact) mass is 361 g/mol. The van der Waals surface area contributed by atoms with Gasteiger partial charge in [0.25, 0.3) is 5.91 Å². The molecule has 25 heavy (non-hydrogen) atoms. The minimum atomic E-state index is -3.77. The Morgan fingerprint density at radius 2 is 1.72 bits per heavy atom. The molecule has 6 nitrogen and oxygen atoms in total. The summed E-state index contributed by atoms with van der Waals surface area (Å²) in [4.78, 5) is 16.3. The van der Waals surface area contributed by atoms with Gasteiger partial charge in [0.1, 0.15) is 5.82 Å². The predicted molar refractivity (Wildman–Crippen MR) is 91.0 cm³/mol. The van der Waals surface area contributed by atoms with Crippen LogP contribution in [0.15, 0.2) is 55.0 Å². The van der Waals surface area contributed by atoms with Crippen LogP contribution >= 0.6 is 0 Å². The minimum Gasteiger partial charge on any atom is -0.341 e. The van der Waals surface area contributed by atoms with Crippen molar-refractivity contribution in [2.75, 3.05) is 13.3 Å². The molecule has 0 spiro atoms. The van der Waals surface area contributed by atoms with E-state index < -0.39 is 26.6 Å². The van der Waals surface area contributed by atoms with Crippen LogP contribution in [-0.2, 0) is 19.6 Å². The van der Waals surface area contributed by atoms with Crippen LogP contribution < -0.4 is 5.32 Å². The Morgan fingerprint density at radius 1 is 1.12 bits per heavy atom. The molecule has 0 aliphatic carbocycles. The molecule has 1 aliphatic heterocycles. The smallest absolute Gasteiger partial charge is 0.256 e. The third-order valence-corrected chi connectivity index (χ3v) is 5.81. The first-order chi connectivity index (χ1) is 11.8. The number of halogens is 1. The number of carbonyl (C=O) groups excluding carboxylic acids is 1. The van der Waals surface area contributed by atoms with Crippen LogP contribution in [0.2, 0.25) is 0 Å². The van der Waals surface area contributed by atoms with Gasteiger partial charge in [-0.15, -0.1) is 0 Å². The van der Waals surface area contributed by atoms with Gasteiger partial charge in [-0.25, -0.2) is 12.8 Å². The maximum Gasteiger partial charge on any atom is 0.256 e. The van der Waals surface area contributed by atoms with E-state index in [2.05, 4.69) is 10.3 Å². The lowest BCUT2D eigenvalue weighted by Gasteiger charge is -2.43. The lowest BCUT2D eigenvalue weighted by Crippen LogP contribution is -2.62. The Morgan fingerprint density at radius 3 is 2.28 bits per heavy atom. The predicted octanol–water partition coefficient (Wildman–Crippen LogP) is 1.48. The van der Waals surface area contributed by atoms with Crippen LogP contribution in [0.1, 0.15) is 11.1 Å². The molecule has 1 aromatic heterocycles. The van der Waals surface area contributed by atoms with Crippen molar-refractivity contribution in [3.63, 3.8) is 0 Å². The first-order valence-electron chi connectivity index (χ1n) is 7.39. The number of aromatic nitrogens is 1. The summed E-state index contributed by atoms with van der Waals surface area (Å²) in [5.74, 6) is -0.983. The van der Waals surface area contributed by atoms with E-state index in [0.717, 1.165) is 6.26 Å². The Bertz CT molecular complexity index is 943. The highest BCUT2D eigenvalue weighted by molar-refractivity contribution is 7.91. The number of pyridine rings is 1. The average Bonchev–Trinajstić information content (AvgIpc) is 2.57. The highest BCUT2D eigenvalue weighted by atomic mass is 32.2. The number of amides is 1. The molecule has 1 aromatic carbocycles. The van der Waals surface area contributed by atoms with E-state index in [0.29, 0.717) is 11.1 Å². The van der Waals surface area contributed by atoms with E-state index in [4.69, 9.17) is 0 Å². The van der Waals surface area contributed by atoms with Gasteiger partial charge in [0.05, 0.1) is 5.57 Å². The van der Waals surface area contributed by atoms with Crippen molar-refractivity contribution >= 4 is 21.3 Å². The molecule has 3 rings (SSSR count). The molecule has 1 N–H and O–H groups in total. The van der Waals surface area contributed by atoms with Crippen LogP contribution in [0, 0.1) is 5.82 Å². The van der Waals surface area contributed by atoms with Gasteiger partial charge in [0.2, 0.25) is 4.99 Å². The summed E-state index contributed by atoms with van der Waals surface area (Å²) in [6, 6.07) is 8.49. The van der Waals surface area contributed by atoms with E-state index in [1.807, 2.05) is 0 Å². The molecule has 1 aliphatic rings. The van der Waals surface area contributed by atoms with Crippen molar-refractivity contribution in [1.29, 1.82) is 0 Å². The normalized spacial score (nSPS) is 20.8. The van der Waals surface area contributed by atoms with Crippen LogP contribution in [0.3, 0.4) is 0 Å². The SMILES string of the molecule is CN1C=C(c2ccc(F)cc2)C(=O)NC1(c1ccncc1)S(C)(=O)=O. The van der Waals surface area contributed by atoms with Crippen LogP contribution in [0.25, 0.3) is 5.57 Å². The minimum absolute atomic E-state index is 0.246. The molecule has 0 saturated heterocycles. The lowest BCUT2D eigenvalue weighted by atomic mass is 10.0. The van der Waals surface area contributed by atoms with E-state index in [1.165, 1.54) is 59.9 Å². The number of nitrogens with one attached hydrogen (secondary N) is 1. The topological polar surface area (TPSA) is 79.4 Å². The fourth-order valence-corrected chi connectivity index (χ4v) is 4.33. The van der Waals surface area contributed by atoms with Crippen molar-refractivity contribution in [2.24, 2.45) is 0 Å². The Labute approximate surface area is 144 Å². The second-order valence-corrected chi connectivity index (χ2v) is 7.90. The largest absolute Gasteiger partial charge is 0.341 e. The van der Waals surface area contributed by atoms with Gasteiger partial charge in [-0.05, 0) is 29.8 Å². The van der Waals surface area contributed by atoms with Crippen molar-refractivity contribution in [2.45, 2.75) is 4.99 Å². The number of sulfone groups is 1. The molecule has 130 valence electrons. The lowest BCUT2D eigenvalue weighted by molar-refractivity contribution is -0.118. The van der Waals surface area contributed by atoms with Crippen LogP contribution in [0.4, 0.5) is 4.39 Å². The summed E-state index contributed by atoms with van der Waals surface area (Å²) in [5, 5.41) is 2.61. The summed E-state index contributed by atoms with van der Waals surface area (Å²) in [6.07, 6.45) is 5.43. The summed E-state index contributed by atoms with van der Waals surface area (Å²) in [7, 11) is -2.21. The molecule has 1 amide bonds. The molecule has 2 heterocycles. The Hall–Kier alpha value is -2.74. The number of hydrogen-bond donors (Lipinski definition) is 1. The van der Waals surface area contributed by atoms with E-state index in [-0.39, 0.29) is 5.57 Å². The van der Waals surface area contributed by atoms with Gasteiger partial charge < -0.3 is 10.2 Å². The summed E-state index contributed by atoms with van der Waals surface area (Å²) < 4.78 is 38.3. The van der Waals surface area contributed by atoms with Crippen LogP contribution in [-0.4, -0.2) is 37.5 Å². The third kappa shape index (κ3) is 2.78. The Balaban J connectivity index is 2.16. The summed E-state index contributed by atoms with van der Waals surface area (Å²) in [5.41, 5.74) is 1.11. The molecule has 1 unspecified atom stereocenters. The molecular formula is C17H16FN3O3S. The standard InChI is InChI=1S/C17H16FN3O3S/c1-21-11-15(12-3-5-14(18)6-4-12)16(22)20-17(21,25(2,23)24)13-7-9-19-10-8-13/h3-11H,1-2H3,(H,20,22). The zero-order valence-electron chi connectivity index (χ0n) is 13.6. The van der Waals surface area contributed by atoms with Crippen molar-refractivity contribution < 1.29 is 17.6 Å². The van der Waals surface area contributed by atoms with Crippen molar-refractivity contribution in [1.82, 2.24) is 15.2 Å². The summed E-state index contributed by atoms with van der Waals surface area (Å²) >= 11 is 0. The van der Waals surface area contributed by atoms with Gasteiger partial charge in [-0.2, -0.15) is 0 Å². The molecule has 0 fully saturated rings. The zero-order chi connectivity index (χ0) is 18.2. The molecule has 0 bridgehead atoms. The van der Waals surface area contributed by atoms with Gasteiger partial charge >= 0.3 is 0 Å². The molecule has 8 heteroatoms. The third-order valence-electron chi connectivity index (χ3n) is 4.11. The van der Waals surface area contributed by atoms with Gasteiger partial charge in [-0.1, -0.05) is 12.1 Å². The van der Waals surface area contributed by atoms with Gasteiger partial charge in [0, 0.05) is 37.5 Å². The van der Waals surface area contributed by atoms with E-state index in [9.17, 15) is 17.6 Å². The average molecular weight is 361 g/mol. The number of hydrogen-bond acceptors (Lipinski definition) is 5. The Kier molecular flexibility index (Phi) is 4.08. The fraction of sp³-hybridized carbons (Fsp3) is 0.176. The second kappa shape index (κ2) is 5.96. The first-order valence-corrected chi connectivity index (χ1v) is 9.28. The summed E-state index contributed by atoms with van der Waals surface area (Å²) in [6.45, 7) is 0. The number of benzene rings is 1. The fourth-order valence-electron chi connectivity index (χ4n) is 2.91. The number of nitrogens with zero attached hydrogens (tertiary/aromatic N) is 2. The number of carbonyl (C=O) groups is 1. The number of rotatable bonds is 3. The molecule has 0 radical (unpaired) electrons. The van der Waals surface area contributed by atoms with Gasteiger partial charge in [-0.3, -0.25) is 9.78 Å². The first kappa shape index (κ1) is 17.1. The van der Waals surface area contributed by atoms with Crippen molar-refractivity contribution in [3.05, 3.63) is 71.9 Å². The maximum atomic E-state index is 13.1. The molecule has 0 saturated carbocycles. The van der Waals surface area contributed by atoms with E-state index in [1.54, 1.807) is 7.05 Å². The zero-order valence-corrected chi connectivity index (χ0v) is 14.4. The van der Waals surface area contributed by atoms with Crippen LogP contribution in [0.5, 0.6) is 0 Å². The second-order valence-electron chi connectivity index (χ2n) is 5.77. The van der Waals surface area contributed by atoms with Gasteiger partial charge in [0.15, 0.2) is 9.84 Å². The highest BCUT2D eigenvalue weighted by Crippen LogP contribution is 2.35. The molecule has 1 atom stereocenters. The maximum absolute atomic E-state index is 13.1. The van der Waals surface area contributed by atoms with Crippen molar-refractivity contribution in [3.8, 4) is 0 Å². The molecular weight excluding hydrogens is 345 g/mol. The van der Waals surface area contributed by atoms with E-state index >= 15 is 0 Å². The highest BCUT2D eigenvalue weighted by Gasteiger charge is 2.50. The quantitative estimate of drug-likeness (QED) is 0.896.